The van der Waals surface area contributed by atoms with Crippen LogP contribution in [0.2, 0.25) is 12.1 Å². The highest BCUT2D eigenvalue weighted by atomic mass is 35.8. The summed E-state index contributed by atoms with van der Waals surface area (Å²) in [6.07, 6.45) is 9.40. The smallest absolute Gasteiger partial charge is 0.126 e. The van der Waals surface area contributed by atoms with Gasteiger partial charge in [0.2, 0.25) is 0 Å². The van der Waals surface area contributed by atoms with Gasteiger partial charge in [-0.05, 0) is 12.1 Å². The highest BCUT2D eigenvalue weighted by Gasteiger charge is 2.24. The lowest BCUT2D eigenvalue weighted by atomic mass is 10.1. The molecule has 0 bridgehead atoms. The van der Waals surface area contributed by atoms with Crippen LogP contribution >= 0.6 is 66.5 Å². The first kappa shape index (κ1) is 20.2. The summed E-state index contributed by atoms with van der Waals surface area (Å²) >= 11 is 34.8. The number of hydrogen-bond donors (Lipinski definition) is 0. The Morgan fingerprint density at radius 3 is 0.833 bits per heavy atom. The van der Waals surface area contributed by atoms with Gasteiger partial charge in [0.1, 0.15) is 0 Å². The maximum absolute atomic E-state index is 5.81. The lowest BCUT2D eigenvalue weighted by Crippen LogP contribution is -2.07. The third-order valence-electron chi connectivity index (χ3n) is 2.67. The van der Waals surface area contributed by atoms with Crippen molar-refractivity contribution >= 4 is 78.5 Å². The van der Waals surface area contributed by atoms with E-state index in [1.54, 1.807) is 0 Å². The lowest BCUT2D eigenvalue weighted by Gasteiger charge is -2.08. The van der Waals surface area contributed by atoms with Gasteiger partial charge >= 0.3 is 12.0 Å². The topological polar surface area (TPSA) is 0 Å². The van der Waals surface area contributed by atoms with Gasteiger partial charge in [0, 0.05) is 0 Å². The third-order valence-corrected chi connectivity index (χ3v) is 7.91. The summed E-state index contributed by atoms with van der Waals surface area (Å²) in [5.41, 5.74) is 0. The summed E-state index contributed by atoms with van der Waals surface area (Å²) in [7, 11) is 0. The van der Waals surface area contributed by atoms with Gasteiger partial charge in [-0.15, -0.1) is 66.5 Å². The second kappa shape index (κ2) is 10.8. The lowest BCUT2D eigenvalue weighted by molar-refractivity contribution is 0.584. The van der Waals surface area contributed by atoms with Gasteiger partial charge in [0.25, 0.3) is 0 Å². The number of unbranched alkanes of at least 4 members (excludes halogenated alkanes) is 7. The molecule has 18 heavy (non-hydrogen) atoms. The van der Waals surface area contributed by atoms with Crippen molar-refractivity contribution < 1.29 is 0 Å². The molecule has 0 heterocycles. The molecular formula is C10H20Cl6Si2. The van der Waals surface area contributed by atoms with E-state index in [4.69, 9.17) is 66.5 Å². The standard InChI is InChI=1S/C10H20Cl6Si2/c11-17(12,13)9-7-5-3-1-2-4-6-8-10-18(14,15)16/h1-10H2. The quantitative estimate of drug-likeness (QED) is 0.189. The van der Waals surface area contributed by atoms with Crippen molar-refractivity contribution in [3.8, 4) is 0 Å². The summed E-state index contributed by atoms with van der Waals surface area (Å²) in [5.74, 6) is 0. The van der Waals surface area contributed by atoms with E-state index in [0.29, 0.717) is 0 Å². The zero-order valence-corrected chi connectivity index (χ0v) is 16.9. The van der Waals surface area contributed by atoms with Crippen molar-refractivity contribution in [1.82, 2.24) is 0 Å². The van der Waals surface area contributed by atoms with Crippen LogP contribution in [-0.2, 0) is 0 Å². The van der Waals surface area contributed by atoms with E-state index in [9.17, 15) is 0 Å². The molecule has 0 aromatic carbocycles. The molecule has 0 rings (SSSR count). The van der Waals surface area contributed by atoms with Crippen molar-refractivity contribution in [2.45, 2.75) is 63.5 Å². The highest BCUT2D eigenvalue weighted by Crippen LogP contribution is 2.28. The largest absolute Gasteiger partial charge is 0.341 e. The van der Waals surface area contributed by atoms with Gasteiger partial charge < -0.3 is 0 Å². The van der Waals surface area contributed by atoms with E-state index >= 15 is 0 Å². The van der Waals surface area contributed by atoms with Crippen LogP contribution in [0.25, 0.3) is 0 Å². The Hall–Kier alpha value is 2.17. The molecule has 0 amide bonds. The number of rotatable bonds is 11. The predicted molar refractivity (Wildman–Crippen MR) is 93.2 cm³/mol. The summed E-state index contributed by atoms with van der Waals surface area (Å²) in [5, 5.41) is 0. The highest BCUT2D eigenvalue weighted by molar-refractivity contribution is 7.65. The maximum Gasteiger partial charge on any atom is 0.341 e. The van der Waals surface area contributed by atoms with E-state index in [1.807, 2.05) is 0 Å². The molecule has 0 spiro atoms. The van der Waals surface area contributed by atoms with Gasteiger partial charge in [0.15, 0.2) is 0 Å². The van der Waals surface area contributed by atoms with Crippen molar-refractivity contribution in [2.75, 3.05) is 0 Å². The first-order chi connectivity index (χ1) is 8.21. The second-order valence-corrected chi connectivity index (χ2v) is 23.1. The predicted octanol–water partition coefficient (Wildman–Crippen LogP) is 7.42. The molecule has 0 aliphatic heterocycles. The Kier molecular flexibility index (Phi) is 12.1. The minimum absolute atomic E-state index is 0.783. The van der Waals surface area contributed by atoms with Crippen molar-refractivity contribution in [2.24, 2.45) is 0 Å². The van der Waals surface area contributed by atoms with Gasteiger partial charge in [-0.25, -0.2) is 0 Å². The molecule has 110 valence electrons. The molecule has 0 aromatic heterocycles. The molecule has 0 radical (unpaired) electrons. The van der Waals surface area contributed by atoms with Gasteiger partial charge in [-0.2, -0.15) is 0 Å². The average molecular weight is 409 g/mol. The fraction of sp³-hybridized carbons (Fsp3) is 1.00. The molecule has 0 unspecified atom stereocenters. The fourth-order valence-electron chi connectivity index (χ4n) is 1.71. The van der Waals surface area contributed by atoms with Crippen LogP contribution in [0.5, 0.6) is 0 Å². The van der Waals surface area contributed by atoms with Crippen LogP contribution in [0.1, 0.15) is 51.4 Å². The molecule has 0 fully saturated rings. The van der Waals surface area contributed by atoms with Crippen molar-refractivity contribution in [3.05, 3.63) is 0 Å². The minimum Gasteiger partial charge on any atom is -0.126 e. The van der Waals surface area contributed by atoms with E-state index in [0.717, 1.165) is 24.9 Å². The van der Waals surface area contributed by atoms with E-state index < -0.39 is 12.0 Å². The summed E-state index contributed by atoms with van der Waals surface area (Å²) in [4.78, 5) is 0. The van der Waals surface area contributed by atoms with Crippen LogP contribution in [0.4, 0.5) is 0 Å². The number of hydrogen-bond acceptors (Lipinski definition) is 0. The maximum atomic E-state index is 5.81. The van der Waals surface area contributed by atoms with Crippen LogP contribution in [-0.4, -0.2) is 12.0 Å². The molecule has 0 N–H and O–H groups in total. The van der Waals surface area contributed by atoms with Gasteiger partial charge in [-0.3, -0.25) is 0 Å². The Morgan fingerprint density at radius 2 is 0.611 bits per heavy atom. The summed E-state index contributed by atoms with van der Waals surface area (Å²) in [6.45, 7) is 0. The van der Waals surface area contributed by atoms with Gasteiger partial charge in [-0.1, -0.05) is 51.4 Å². The fourth-order valence-corrected chi connectivity index (χ4v) is 5.42. The molecule has 0 aliphatic rings. The Bertz CT molecular complexity index is 180. The molecule has 0 saturated carbocycles. The van der Waals surface area contributed by atoms with E-state index in [2.05, 4.69) is 0 Å². The first-order valence-electron chi connectivity index (χ1n) is 6.34. The molecule has 8 heteroatoms. The Morgan fingerprint density at radius 1 is 0.389 bits per heavy atom. The third kappa shape index (κ3) is 18.2. The number of halogens is 6. The molecule has 0 saturated heterocycles. The van der Waals surface area contributed by atoms with Crippen LogP contribution < -0.4 is 0 Å². The van der Waals surface area contributed by atoms with E-state index in [-0.39, 0.29) is 0 Å². The molecular weight excluding hydrogens is 389 g/mol. The van der Waals surface area contributed by atoms with Crippen molar-refractivity contribution in [3.63, 3.8) is 0 Å². The van der Waals surface area contributed by atoms with Crippen molar-refractivity contribution in [1.29, 1.82) is 0 Å². The van der Waals surface area contributed by atoms with Gasteiger partial charge in [0.05, 0.1) is 0 Å². The molecule has 0 aromatic rings. The minimum atomic E-state index is -2.38. The Labute approximate surface area is 141 Å². The SMILES string of the molecule is Cl[Si](Cl)(Cl)CCCCCCCCCC[Si](Cl)(Cl)Cl. The normalized spacial score (nSPS) is 13.0. The van der Waals surface area contributed by atoms with Crippen LogP contribution in [0, 0.1) is 0 Å². The molecule has 0 aliphatic carbocycles. The molecule has 0 nitrogen and oxygen atoms in total. The summed E-state index contributed by atoms with van der Waals surface area (Å²) < 4.78 is 0. The van der Waals surface area contributed by atoms with Crippen LogP contribution in [0.3, 0.4) is 0 Å². The van der Waals surface area contributed by atoms with Crippen LogP contribution in [0.15, 0.2) is 0 Å². The second-order valence-electron chi connectivity index (χ2n) is 4.56. The monoisotopic (exact) mass is 406 g/mol. The zero-order valence-electron chi connectivity index (χ0n) is 10.3. The zero-order chi connectivity index (χ0) is 14.1. The van der Waals surface area contributed by atoms with E-state index in [1.165, 1.54) is 38.5 Å². The molecule has 0 atom stereocenters. The Balaban J connectivity index is 3.13. The average Bonchev–Trinajstić information content (AvgIpc) is 2.17. The summed E-state index contributed by atoms with van der Waals surface area (Å²) in [6, 6.07) is -3.19. The first-order valence-corrected chi connectivity index (χ1v) is 16.8.